The van der Waals surface area contributed by atoms with Crippen LogP contribution in [-0.2, 0) is 27.7 Å². The molecular weight excluding hydrogens is 492 g/mol. The van der Waals surface area contributed by atoms with Crippen LogP contribution in [0.5, 0.6) is 0 Å². The van der Waals surface area contributed by atoms with Crippen LogP contribution >= 0.6 is 22.6 Å². The molecule has 0 saturated heterocycles. The number of hydrogen-bond acceptors (Lipinski definition) is 1. The average molecular weight is 499 g/mol. The molecule has 0 amide bonds. The van der Waals surface area contributed by atoms with Crippen molar-refractivity contribution in [1.29, 1.82) is 0 Å². The molecule has 72 valence electrons. The quantitative estimate of drug-likeness (QED) is 0.485. The molecular formula is C11H7HgIO2. The van der Waals surface area contributed by atoms with E-state index in [0.717, 1.165) is 14.3 Å². The minimum Gasteiger partial charge on any atom is -0.478 e. The topological polar surface area (TPSA) is 37.3 Å². The van der Waals surface area contributed by atoms with Crippen molar-refractivity contribution in [3.05, 3.63) is 45.5 Å². The molecule has 0 spiro atoms. The van der Waals surface area contributed by atoms with Gasteiger partial charge in [-0.05, 0) is 45.5 Å². The number of hydrogen-bond donors (Lipinski definition) is 1. The normalized spacial score (nSPS) is 9.67. The number of rotatable bonds is 1. The summed E-state index contributed by atoms with van der Waals surface area (Å²) in [6.07, 6.45) is 0. The zero-order valence-electron chi connectivity index (χ0n) is 7.90. The van der Waals surface area contributed by atoms with Crippen LogP contribution < -0.4 is 0 Å². The molecule has 1 N–H and O–H groups in total. The van der Waals surface area contributed by atoms with Gasteiger partial charge in [0.2, 0.25) is 0 Å². The third-order valence-electron chi connectivity index (χ3n) is 2.07. The summed E-state index contributed by atoms with van der Waals surface area (Å²) >= 11 is 2.04. The summed E-state index contributed by atoms with van der Waals surface area (Å²) in [7, 11) is 0. The van der Waals surface area contributed by atoms with Crippen LogP contribution in [0.2, 0.25) is 0 Å². The first-order chi connectivity index (χ1) is 6.68. The van der Waals surface area contributed by atoms with E-state index in [1.807, 2.05) is 52.9 Å². The number of fused-ring (bicyclic) bond motifs is 1. The second kappa shape index (κ2) is 5.25. The van der Waals surface area contributed by atoms with Gasteiger partial charge in [-0.1, -0.05) is 24.3 Å². The van der Waals surface area contributed by atoms with Crippen molar-refractivity contribution >= 4 is 39.3 Å². The van der Waals surface area contributed by atoms with Gasteiger partial charge in [0.1, 0.15) is 0 Å². The van der Waals surface area contributed by atoms with Gasteiger partial charge in [0.15, 0.2) is 0 Å². The Kier molecular flexibility index (Phi) is 4.52. The van der Waals surface area contributed by atoms with E-state index in [9.17, 15) is 4.79 Å². The van der Waals surface area contributed by atoms with E-state index in [0.29, 0.717) is 5.56 Å². The fraction of sp³-hybridized carbons (Fsp3) is 0. The zero-order chi connectivity index (χ0) is 10.1. The largest absolute Gasteiger partial charge is 0.478 e. The number of benzene rings is 2. The summed E-state index contributed by atoms with van der Waals surface area (Å²) in [5.41, 5.74) is 0.365. The Labute approximate surface area is 121 Å². The number of aromatic carboxylic acids is 1. The predicted octanol–water partition coefficient (Wildman–Crippen LogP) is 3.14. The van der Waals surface area contributed by atoms with Gasteiger partial charge in [0, 0.05) is 31.2 Å². The first-order valence-corrected chi connectivity index (χ1v) is 5.18. The third kappa shape index (κ3) is 2.69. The molecule has 2 nitrogen and oxygen atoms in total. The number of carboxylic acids is 1. The van der Waals surface area contributed by atoms with Crippen molar-refractivity contribution in [2.24, 2.45) is 0 Å². The maximum atomic E-state index is 10.9. The molecule has 0 aliphatic carbocycles. The summed E-state index contributed by atoms with van der Waals surface area (Å²) in [4.78, 5) is 10.9. The summed E-state index contributed by atoms with van der Waals surface area (Å²) in [5, 5.41) is 11.0. The molecule has 0 aliphatic rings. The molecule has 2 aromatic carbocycles. The maximum absolute atomic E-state index is 10.9. The van der Waals surface area contributed by atoms with Crippen LogP contribution in [-0.4, -0.2) is 11.1 Å². The molecule has 0 unspecified atom stereocenters. The molecule has 2 rings (SSSR count). The number of carboxylic acid groups (broad SMARTS) is 1. The first kappa shape index (κ1) is 12.9. The summed E-state index contributed by atoms with van der Waals surface area (Å²) in [5.74, 6) is -0.875. The van der Waals surface area contributed by atoms with E-state index in [2.05, 4.69) is 0 Å². The van der Waals surface area contributed by atoms with Crippen LogP contribution in [0.25, 0.3) is 10.8 Å². The Hall–Kier alpha value is -0.165. The molecule has 15 heavy (non-hydrogen) atoms. The first-order valence-electron chi connectivity index (χ1n) is 4.10. The molecule has 0 heterocycles. The van der Waals surface area contributed by atoms with Crippen molar-refractivity contribution in [2.45, 2.75) is 0 Å². The standard InChI is InChI=1S/C11H7IO2.Hg/c12-10-6-8-4-2-1-3-7(8)5-9(10)11(13)14;/h1-6H,(H,13,14);. The molecule has 0 aliphatic heterocycles. The molecule has 0 aromatic heterocycles. The number of halogens is 1. The van der Waals surface area contributed by atoms with E-state index in [1.165, 1.54) is 0 Å². The van der Waals surface area contributed by atoms with Crippen molar-refractivity contribution in [3.8, 4) is 0 Å². The van der Waals surface area contributed by atoms with Crippen molar-refractivity contribution in [1.82, 2.24) is 0 Å². The van der Waals surface area contributed by atoms with Gasteiger partial charge in [-0.3, -0.25) is 0 Å². The van der Waals surface area contributed by atoms with Gasteiger partial charge >= 0.3 is 5.97 Å². The summed E-state index contributed by atoms with van der Waals surface area (Å²) in [6, 6.07) is 11.3. The average Bonchev–Trinajstić information content (AvgIpc) is 2.16. The van der Waals surface area contributed by atoms with Crippen LogP contribution in [0.3, 0.4) is 0 Å². The smallest absolute Gasteiger partial charge is 0.336 e. The second-order valence-electron chi connectivity index (χ2n) is 2.98. The molecule has 0 radical (unpaired) electrons. The van der Waals surface area contributed by atoms with Gasteiger partial charge < -0.3 is 5.11 Å². The van der Waals surface area contributed by atoms with Gasteiger partial charge in [-0.25, -0.2) is 4.79 Å². The van der Waals surface area contributed by atoms with E-state index < -0.39 is 5.97 Å². The van der Waals surface area contributed by atoms with Crippen LogP contribution in [0, 0.1) is 3.57 Å². The SMILES string of the molecule is O=C(O)c1cc2ccccc2cc1I.[Hg]. The molecule has 0 fully saturated rings. The van der Waals surface area contributed by atoms with E-state index in [-0.39, 0.29) is 27.7 Å². The molecule has 4 heteroatoms. The Morgan fingerprint density at radius 1 is 1.13 bits per heavy atom. The predicted molar refractivity (Wildman–Crippen MR) is 63.6 cm³/mol. The third-order valence-corrected chi connectivity index (χ3v) is 2.96. The van der Waals surface area contributed by atoms with Crippen molar-refractivity contribution < 1.29 is 37.6 Å². The summed E-state index contributed by atoms with van der Waals surface area (Å²) in [6.45, 7) is 0. The fourth-order valence-electron chi connectivity index (χ4n) is 1.38. The van der Waals surface area contributed by atoms with E-state index in [4.69, 9.17) is 5.11 Å². The van der Waals surface area contributed by atoms with Crippen LogP contribution in [0.4, 0.5) is 0 Å². The van der Waals surface area contributed by atoms with Gasteiger partial charge in [-0.2, -0.15) is 0 Å². The maximum Gasteiger partial charge on any atom is 0.336 e. The molecule has 0 bridgehead atoms. The Morgan fingerprint density at radius 2 is 1.67 bits per heavy atom. The molecule has 0 saturated carbocycles. The van der Waals surface area contributed by atoms with Gasteiger partial charge in [0.05, 0.1) is 5.56 Å². The monoisotopic (exact) mass is 500 g/mol. The second-order valence-corrected chi connectivity index (χ2v) is 4.15. The minimum absolute atomic E-state index is 0. The van der Waals surface area contributed by atoms with Crippen molar-refractivity contribution in [3.63, 3.8) is 0 Å². The molecule has 0 atom stereocenters. The van der Waals surface area contributed by atoms with Crippen LogP contribution in [0.1, 0.15) is 10.4 Å². The Morgan fingerprint density at radius 3 is 2.20 bits per heavy atom. The number of carbonyl (C=O) groups is 1. The fourth-order valence-corrected chi connectivity index (χ4v) is 2.10. The summed E-state index contributed by atoms with van der Waals surface area (Å²) < 4.78 is 0.772. The van der Waals surface area contributed by atoms with Gasteiger partial charge in [-0.15, -0.1) is 0 Å². The Bertz CT molecular complexity index is 511. The van der Waals surface area contributed by atoms with Crippen LogP contribution in [0.15, 0.2) is 36.4 Å². The minimum atomic E-state index is -0.875. The molecule has 2 aromatic rings. The Balaban J connectivity index is 0.00000112. The van der Waals surface area contributed by atoms with E-state index >= 15 is 0 Å². The van der Waals surface area contributed by atoms with Crippen molar-refractivity contribution in [2.75, 3.05) is 0 Å². The zero-order valence-corrected chi connectivity index (χ0v) is 15.6. The van der Waals surface area contributed by atoms with Gasteiger partial charge in [0.25, 0.3) is 0 Å². The van der Waals surface area contributed by atoms with E-state index in [1.54, 1.807) is 6.07 Å².